The lowest BCUT2D eigenvalue weighted by molar-refractivity contribution is -0.133. The molecule has 2 aromatic rings. The lowest BCUT2D eigenvalue weighted by atomic mass is 10.2. The number of amides is 1. The largest absolute Gasteiger partial charge is 0.493 e. The Hall–Kier alpha value is -2.26. The summed E-state index contributed by atoms with van der Waals surface area (Å²) in [4.78, 5) is 14.9. The Bertz CT molecular complexity index is 957. The van der Waals surface area contributed by atoms with Crippen molar-refractivity contribution in [1.82, 2.24) is 15.3 Å². The molecule has 2 N–H and O–H groups in total. The molecule has 1 fully saturated rings. The number of nitrogens with zero attached hydrogens (tertiary/aromatic N) is 2. The Labute approximate surface area is 196 Å². The van der Waals surface area contributed by atoms with Gasteiger partial charge in [-0.3, -0.25) is 10.2 Å². The van der Waals surface area contributed by atoms with Crippen molar-refractivity contribution in [1.29, 1.82) is 0 Å². The van der Waals surface area contributed by atoms with Crippen LogP contribution in [0.4, 0.5) is 10.1 Å². The third-order valence-corrected chi connectivity index (χ3v) is 5.94. The Kier molecular flexibility index (Phi) is 7.57. The van der Waals surface area contributed by atoms with Crippen molar-refractivity contribution in [2.24, 2.45) is 0 Å². The van der Waals surface area contributed by atoms with Gasteiger partial charge >= 0.3 is 0 Å². The number of hydrazine groups is 1. The van der Waals surface area contributed by atoms with Gasteiger partial charge in [-0.2, -0.15) is 0 Å². The molecule has 1 saturated heterocycles. The molecule has 1 amide bonds. The van der Waals surface area contributed by atoms with Crippen LogP contribution in [0.25, 0.3) is 0 Å². The number of ether oxygens (including phenoxy) is 2. The van der Waals surface area contributed by atoms with Crippen LogP contribution in [0.15, 0.2) is 36.4 Å². The molecular formula is C22H25Cl2FN4O3. The Morgan fingerprint density at radius 2 is 2.00 bits per heavy atom. The average Bonchev–Trinajstić information content (AvgIpc) is 2.79. The van der Waals surface area contributed by atoms with Crippen molar-refractivity contribution in [3.05, 3.63) is 52.3 Å². The fraction of sp³-hybridized carbons (Fsp3) is 0.409. The number of anilines is 1. The van der Waals surface area contributed by atoms with Gasteiger partial charge in [-0.25, -0.2) is 9.40 Å². The zero-order valence-electron chi connectivity index (χ0n) is 17.5. The third kappa shape index (κ3) is 5.95. The molecule has 32 heavy (non-hydrogen) atoms. The minimum atomic E-state index is -0.600. The van der Waals surface area contributed by atoms with E-state index in [1.807, 2.05) is 5.01 Å². The van der Waals surface area contributed by atoms with Gasteiger partial charge in [0.25, 0.3) is 5.91 Å². The number of rotatable bonds is 7. The lowest BCUT2D eigenvalue weighted by Crippen LogP contribution is -2.57. The SMILES string of the molecule is O=C(NN1CCN(CCCOc2ccc(Cl)c(F)c2)CC1)C1CNc2cc(Cl)ccc2O1. The minimum absolute atomic E-state index is 0.0864. The maximum Gasteiger partial charge on any atom is 0.277 e. The van der Waals surface area contributed by atoms with E-state index in [1.165, 1.54) is 12.1 Å². The molecule has 1 unspecified atom stereocenters. The molecule has 7 nitrogen and oxygen atoms in total. The van der Waals surface area contributed by atoms with Crippen LogP contribution in [0.5, 0.6) is 11.5 Å². The molecule has 172 valence electrons. The third-order valence-electron chi connectivity index (χ3n) is 5.40. The molecule has 0 spiro atoms. The smallest absolute Gasteiger partial charge is 0.277 e. The van der Waals surface area contributed by atoms with Crippen LogP contribution in [-0.2, 0) is 4.79 Å². The lowest BCUT2D eigenvalue weighted by Gasteiger charge is -2.36. The van der Waals surface area contributed by atoms with Crippen molar-refractivity contribution >= 4 is 34.8 Å². The Balaban J connectivity index is 1.14. The molecule has 2 aliphatic heterocycles. The number of nitrogens with one attached hydrogen (secondary N) is 2. The topological polar surface area (TPSA) is 66.1 Å². The summed E-state index contributed by atoms with van der Waals surface area (Å²) < 4.78 is 24.8. The molecular weight excluding hydrogens is 458 g/mol. The first-order valence-electron chi connectivity index (χ1n) is 10.5. The summed E-state index contributed by atoms with van der Waals surface area (Å²) in [7, 11) is 0. The quantitative estimate of drug-likeness (QED) is 0.589. The summed E-state index contributed by atoms with van der Waals surface area (Å²) in [6.07, 6.45) is 0.221. The molecule has 2 aliphatic rings. The normalized spacial score (nSPS) is 18.9. The second-order valence-corrected chi connectivity index (χ2v) is 8.55. The summed E-state index contributed by atoms with van der Waals surface area (Å²) in [5.41, 5.74) is 3.75. The van der Waals surface area contributed by atoms with E-state index in [0.29, 0.717) is 29.7 Å². The van der Waals surface area contributed by atoms with Crippen LogP contribution in [0.3, 0.4) is 0 Å². The Morgan fingerprint density at radius 1 is 1.19 bits per heavy atom. The van der Waals surface area contributed by atoms with Crippen molar-refractivity contribution < 1.29 is 18.7 Å². The highest BCUT2D eigenvalue weighted by Crippen LogP contribution is 2.31. The first kappa shape index (κ1) is 22.9. The second-order valence-electron chi connectivity index (χ2n) is 7.71. The van der Waals surface area contributed by atoms with Crippen molar-refractivity contribution in [3.8, 4) is 11.5 Å². The fourth-order valence-corrected chi connectivity index (χ4v) is 3.93. The number of piperazine rings is 1. The zero-order valence-corrected chi connectivity index (χ0v) is 19.0. The van der Waals surface area contributed by atoms with E-state index in [4.69, 9.17) is 32.7 Å². The van der Waals surface area contributed by atoms with Gasteiger partial charge in [0.05, 0.1) is 23.9 Å². The predicted molar refractivity (Wildman–Crippen MR) is 122 cm³/mol. The van der Waals surface area contributed by atoms with Gasteiger partial charge < -0.3 is 19.7 Å². The number of carbonyl (C=O) groups is 1. The van der Waals surface area contributed by atoms with Crippen LogP contribution in [-0.4, -0.2) is 67.8 Å². The maximum atomic E-state index is 13.4. The molecule has 0 aromatic heterocycles. The first-order chi connectivity index (χ1) is 15.5. The van der Waals surface area contributed by atoms with E-state index < -0.39 is 11.9 Å². The number of hydrogen-bond donors (Lipinski definition) is 2. The molecule has 0 radical (unpaired) electrons. The van der Waals surface area contributed by atoms with Gasteiger partial charge in [0.1, 0.15) is 17.3 Å². The highest BCUT2D eigenvalue weighted by molar-refractivity contribution is 6.31. The summed E-state index contributed by atoms with van der Waals surface area (Å²) in [5.74, 6) is 0.444. The zero-order chi connectivity index (χ0) is 22.5. The molecule has 2 aromatic carbocycles. The van der Waals surface area contributed by atoms with Gasteiger partial charge in [0, 0.05) is 43.8 Å². The van der Waals surface area contributed by atoms with Crippen molar-refractivity contribution in [2.75, 3.05) is 51.2 Å². The number of hydrogen-bond acceptors (Lipinski definition) is 6. The minimum Gasteiger partial charge on any atom is -0.493 e. The molecule has 0 aliphatic carbocycles. The summed E-state index contributed by atoms with van der Waals surface area (Å²) >= 11 is 11.7. The highest BCUT2D eigenvalue weighted by atomic mass is 35.5. The maximum absolute atomic E-state index is 13.4. The number of carbonyl (C=O) groups excluding carboxylic acids is 1. The van der Waals surface area contributed by atoms with E-state index in [2.05, 4.69) is 15.6 Å². The van der Waals surface area contributed by atoms with Crippen LogP contribution < -0.4 is 20.2 Å². The molecule has 10 heteroatoms. The fourth-order valence-electron chi connectivity index (χ4n) is 3.64. The van der Waals surface area contributed by atoms with Crippen LogP contribution in [0.1, 0.15) is 6.42 Å². The van der Waals surface area contributed by atoms with E-state index in [-0.39, 0.29) is 10.9 Å². The average molecular weight is 483 g/mol. The molecule has 4 rings (SSSR count). The van der Waals surface area contributed by atoms with Crippen LogP contribution in [0, 0.1) is 5.82 Å². The van der Waals surface area contributed by atoms with E-state index in [0.717, 1.165) is 44.8 Å². The highest BCUT2D eigenvalue weighted by Gasteiger charge is 2.28. The molecule has 2 heterocycles. The summed E-state index contributed by atoms with van der Waals surface area (Å²) in [5, 5.41) is 5.82. The van der Waals surface area contributed by atoms with Gasteiger partial charge in [0.2, 0.25) is 0 Å². The predicted octanol–water partition coefficient (Wildman–Crippen LogP) is 3.42. The van der Waals surface area contributed by atoms with Crippen LogP contribution >= 0.6 is 23.2 Å². The summed E-state index contributed by atoms with van der Waals surface area (Å²) in [6.45, 7) is 4.87. The van der Waals surface area contributed by atoms with Gasteiger partial charge in [-0.1, -0.05) is 23.2 Å². The number of benzene rings is 2. The standard InChI is InChI=1S/C22H25Cl2FN4O3/c23-15-2-5-20-19(12-15)26-14-21(32-20)22(30)27-29-9-7-28(8-10-29)6-1-11-31-16-3-4-17(24)18(25)13-16/h2-5,12-13,21,26H,1,6-11,14H2,(H,27,30). The van der Waals surface area contributed by atoms with E-state index in [1.54, 1.807) is 24.3 Å². The molecule has 0 saturated carbocycles. The van der Waals surface area contributed by atoms with Gasteiger partial charge in [-0.05, 0) is 36.8 Å². The van der Waals surface area contributed by atoms with Crippen molar-refractivity contribution in [2.45, 2.75) is 12.5 Å². The Morgan fingerprint density at radius 3 is 2.78 bits per heavy atom. The second kappa shape index (κ2) is 10.6. The monoisotopic (exact) mass is 482 g/mol. The van der Waals surface area contributed by atoms with Crippen LogP contribution in [0.2, 0.25) is 10.0 Å². The van der Waals surface area contributed by atoms with Gasteiger partial charge in [0.15, 0.2) is 6.10 Å². The first-order valence-corrected chi connectivity index (χ1v) is 11.3. The number of fused-ring (bicyclic) bond motifs is 1. The van der Waals surface area contributed by atoms with E-state index >= 15 is 0 Å². The van der Waals surface area contributed by atoms with E-state index in [9.17, 15) is 9.18 Å². The molecule has 1 atom stereocenters. The summed E-state index contributed by atoms with van der Waals surface area (Å²) in [6, 6.07) is 9.72. The van der Waals surface area contributed by atoms with Gasteiger partial charge in [-0.15, -0.1) is 0 Å². The number of halogens is 3. The molecule has 0 bridgehead atoms. The van der Waals surface area contributed by atoms with Crippen molar-refractivity contribution in [3.63, 3.8) is 0 Å².